The summed E-state index contributed by atoms with van der Waals surface area (Å²) in [5, 5.41) is 2.91. The summed E-state index contributed by atoms with van der Waals surface area (Å²) in [6.07, 6.45) is 1.74. The maximum Gasteiger partial charge on any atom is 0.242 e. The predicted molar refractivity (Wildman–Crippen MR) is 120 cm³/mol. The Morgan fingerprint density at radius 1 is 1.10 bits per heavy atom. The average molecular weight is 425 g/mol. The molecule has 0 unspecified atom stereocenters. The number of fused-ring (bicyclic) bond motifs is 1. The first-order chi connectivity index (χ1) is 15.0. The maximum absolute atomic E-state index is 13.2. The molecular formula is C25H32N2O4. The average Bonchev–Trinajstić information content (AvgIpc) is 2.79. The standard InChI is InChI=1S/C25H32N2O4/c1-4-13-26-25(29)19(3)27(17-21-8-6-5-7-18(21)2)24(28)12-10-20-9-11-22-23(16-20)31-15-14-30-22/h5-9,11,16,19H,4,10,12-15,17H2,1-3H3,(H,26,29)/t19-/m1/s1. The third-order valence-corrected chi connectivity index (χ3v) is 5.55. The molecule has 0 aromatic heterocycles. The van der Waals surface area contributed by atoms with Crippen molar-refractivity contribution in [1.82, 2.24) is 10.2 Å². The molecule has 1 aliphatic rings. The van der Waals surface area contributed by atoms with Gasteiger partial charge in [0.15, 0.2) is 11.5 Å². The number of hydrogen-bond acceptors (Lipinski definition) is 4. The molecule has 0 radical (unpaired) electrons. The summed E-state index contributed by atoms with van der Waals surface area (Å²) in [6, 6.07) is 13.2. The number of benzene rings is 2. The SMILES string of the molecule is CCCNC(=O)[C@@H](C)N(Cc1ccccc1C)C(=O)CCc1ccc2c(c1)OCCO2. The fraction of sp³-hybridized carbons (Fsp3) is 0.440. The molecule has 1 N–H and O–H groups in total. The Bertz CT molecular complexity index is 912. The van der Waals surface area contributed by atoms with E-state index in [9.17, 15) is 9.59 Å². The number of carbonyl (C=O) groups excluding carboxylic acids is 2. The molecule has 166 valence electrons. The molecule has 0 saturated carbocycles. The van der Waals surface area contributed by atoms with Crippen LogP contribution in [0.1, 0.15) is 43.4 Å². The van der Waals surface area contributed by atoms with Crippen LogP contribution in [0.25, 0.3) is 0 Å². The molecule has 0 fully saturated rings. The number of nitrogens with one attached hydrogen (secondary N) is 1. The van der Waals surface area contributed by atoms with E-state index in [1.54, 1.807) is 11.8 Å². The monoisotopic (exact) mass is 424 g/mol. The summed E-state index contributed by atoms with van der Waals surface area (Å²) in [5.41, 5.74) is 3.16. The summed E-state index contributed by atoms with van der Waals surface area (Å²) in [5.74, 6) is 1.30. The Kier molecular flexibility index (Phi) is 7.93. The van der Waals surface area contributed by atoms with Gasteiger partial charge in [-0.25, -0.2) is 0 Å². The minimum atomic E-state index is -0.543. The lowest BCUT2D eigenvalue weighted by Crippen LogP contribution is -2.47. The van der Waals surface area contributed by atoms with Crippen LogP contribution in [0.3, 0.4) is 0 Å². The number of carbonyl (C=O) groups is 2. The molecule has 3 rings (SSSR count). The molecule has 2 amide bonds. The second-order valence-electron chi connectivity index (χ2n) is 7.89. The van der Waals surface area contributed by atoms with E-state index in [1.165, 1.54) is 0 Å². The Balaban J connectivity index is 1.71. The van der Waals surface area contributed by atoms with Crippen LogP contribution in [0.4, 0.5) is 0 Å². The molecule has 0 bridgehead atoms. The Morgan fingerprint density at radius 3 is 2.58 bits per heavy atom. The van der Waals surface area contributed by atoms with E-state index in [4.69, 9.17) is 9.47 Å². The molecule has 2 aromatic rings. The van der Waals surface area contributed by atoms with E-state index in [0.717, 1.165) is 34.6 Å². The largest absolute Gasteiger partial charge is 0.486 e. The van der Waals surface area contributed by atoms with Crippen LogP contribution >= 0.6 is 0 Å². The van der Waals surface area contributed by atoms with Crippen LogP contribution < -0.4 is 14.8 Å². The van der Waals surface area contributed by atoms with Gasteiger partial charge in [0.1, 0.15) is 19.3 Å². The van der Waals surface area contributed by atoms with Crippen molar-refractivity contribution < 1.29 is 19.1 Å². The lowest BCUT2D eigenvalue weighted by molar-refractivity contribution is -0.140. The maximum atomic E-state index is 13.2. The number of rotatable bonds is 9. The van der Waals surface area contributed by atoms with Crippen molar-refractivity contribution in [3.8, 4) is 11.5 Å². The Morgan fingerprint density at radius 2 is 1.84 bits per heavy atom. The van der Waals surface area contributed by atoms with Gasteiger partial charge in [-0.3, -0.25) is 9.59 Å². The second kappa shape index (κ2) is 10.8. The normalized spacial score (nSPS) is 13.4. The molecule has 0 spiro atoms. The minimum absolute atomic E-state index is 0.0442. The van der Waals surface area contributed by atoms with Crippen molar-refractivity contribution in [2.45, 2.75) is 52.6 Å². The van der Waals surface area contributed by atoms with E-state index in [0.29, 0.717) is 39.1 Å². The molecule has 6 heteroatoms. The van der Waals surface area contributed by atoms with Crippen LogP contribution in [-0.4, -0.2) is 42.5 Å². The zero-order valence-electron chi connectivity index (χ0n) is 18.6. The van der Waals surface area contributed by atoms with E-state index < -0.39 is 6.04 Å². The van der Waals surface area contributed by atoms with Crippen molar-refractivity contribution in [2.24, 2.45) is 0 Å². The van der Waals surface area contributed by atoms with Gasteiger partial charge in [-0.2, -0.15) is 0 Å². The van der Waals surface area contributed by atoms with Crippen molar-refractivity contribution >= 4 is 11.8 Å². The highest BCUT2D eigenvalue weighted by atomic mass is 16.6. The van der Waals surface area contributed by atoms with Gasteiger partial charge in [0.25, 0.3) is 0 Å². The molecular weight excluding hydrogens is 392 g/mol. The highest BCUT2D eigenvalue weighted by Gasteiger charge is 2.26. The van der Waals surface area contributed by atoms with Crippen LogP contribution in [-0.2, 0) is 22.6 Å². The van der Waals surface area contributed by atoms with Gasteiger partial charge in [0, 0.05) is 19.5 Å². The molecule has 0 aliphatic carbocycles. The fourth-order valence-electron chi connectivity index (χ4n) is 3.59. The molecule has 6 nitrogen and oxygen atoms in total. The molecule has 1 atom stereocenters. The summed E-state index contributed by atoms with van der Waals surface area (Å²) in [6.45, 7) is 7.93. The van der Waals surface area contributed by atoms with Gasteiger partial charge in [0.05, 0.1) is 0 Å². The lowest BCUT2D eigenvalue weighted by Gasteiger charge is -2.29. The van der Waals surface area contributed by atoms with Crippen molar-refractivity contribution in [3.05, 3.63) is 59.2 Å². The highest BCUT2D eigenvalue weighted by Crippen LogP contribution is 2.31. The number of aryl methyl sites for hydroxylation is 2. The minimum Gasteiger partial charge on any atom is -0.486 e. The number of ether oxygens (including phenoxy) is 2. The van der Waals surface area contributed by atoms with Crippen molar-refractivity contribution in [2.75, 3.05) is 19.8 Å². The highest BCUT2D eigenvalue weighted by molar-refractivity contribution is 5.87. The third-order valence-electron chi connectivity index (χ3n) is 5.55. The van der Waals surface area contributed by atoms with Crippen LogP contribution in [0, 0.1) is 6.92 Å². The second-order valence-corrected chi connectivity index (χ2v) is 7.89. The van der Waals surface area contributed by atoms with Crippen LogP contribution in [0.15, 0.2) is 42.5 Å². The smallest absolute Gasteiger partial charge is 0.242 e. The molecule has 31 heavy (non-hydrogen) atoms. The zero-order chi connectivity index (χ0) is 22.2. The van der Waals surface area contributed by atoms with Crippen molar-refractivity contribution in [3.63, 3.8) is 0 Å². The third kappa shape index (κ3) is 6.00. The summed E-state index contributed by atoms with van der Waals surface area (Å²) in [7, 11) is 0. The van der Waals surface area contributed by atoms with Gasteiger partial charge in [-0.05, 0) is 55.5 Å². The van der Waals surface area contributed by atoms with E-state index in [-0.39, 0.29) is 11.8 Å². The molecule has 0 saturated heterocycles. The zero-order valence-corrected chi connectivity index (χ0v) is 18.6. The van der Waals surface area contributed by atoms with E-state index in [1.807, 2.05) is 56.3 Å². The van der Waals surface area contributed by atoms with Gasteiger partial charge in [0.2, 0.25) is 11.8 Å². The van der Waals surface area contributed by atoms with Crippen LogP contribution in [0.2, 0.25) is 0 Å². The lowest BCUT2D eigenvalue weighted by atomic mass is 10.0. The Hall–Kier alpha value is -3.02. The van der Waals surface area contributed by atoms with Crippen LogP contribution in [0.5, 0.6) is 11.5 Å². The van der Waals surface area contributed by atoms with Gasteiger partial charge in [-0.15, -0.1) is 0 Å². The van der Waals surface area contributed by atoms with Gasteiger partial charge >= 0.3 is 0 Å². The molecule has 1 aliphatic heterocycles. The summed E-state index contributed by atoms with van der Waals surface area (Å²) >= 11 is 0. The number of amides is 2. The quantitative estimate of drug-likeness (QED) is 0.667. The van der Waals surface area contributed by atoms with E-state index >= 15 is 0 Å². The fourth-order valence-corrected chi connectivity index (χ4v) is 3.59. The van der Waals surface area contributed by atoms with Gasteiger partial charge < -0.3 is 19.7 Å². The van der Waals surface area contributed by atoms with Crippen molar-refractivity contribution in [1.29, 1.82) is 0 Å². The predicted octanol–water partition coefficient (Wildman–Crippen LogP) is 3.64. The number of hydrogen-bond donors (Lipinski definition) is 1. The summed E-state index contributed by atoms with van der Waals surface area (Å²) < 4.78 is 11.2. The van der Waals surface area contributed by atoms with E-state index in [2.05, 4.69) is 5.32 Å². The van der Waals surface area contributed by atoms with Gasteiger partial charge in [-0.1, -0.05) is 37.3 Å². The first-order valence-electron chi connectivity index (χ1n) is 11.0. The first kappa shape index (κ1) is 22.7. The summed E-state index contributed by atoms with van der Waals surface area (Å²) in [4.78, 5) is 27.5. The number of nitrogens with zero attached hydrogens (tertiary/aromatic N) is 1. The molecule has 1 heterocycles. The first-order valence-corrected chi connectivity index (χ1v) is 11.0. The topological polar surface area (TPSA) is 67.9 Å². The molecule has 2 aromatic carbocycles. The Labute approximate surface area is 184 Å².